The van der Waals surface area contributed by atoms with Crippen LogP contribution in [0.15, 0.2) is 29.1 Å². The van der Waals surface area contributed by atoms with E-state index in [-0.39, 0.29) is 22.9 Å². The van der Waals surface area contributed by atoms with Crippen LogP contribution >= 0.6 is 12.6 Å². The molecule has 8 nitrogen and oxygen atoms in total. The van der Waals surface area contributed by atoms with Crippen molar-refractivity contribution in [2.45, 2.75) is 24.9 Å². The van der Waals surface area contributed by atoms with Crippen molar-refractivity contribution in [1.29, 1.82) is 0 Å². The smallest absolute Gasteiger partial charge is 0.326 e. The lowest BCUT2D eigenvalue weighted by molar-refractivity contribution is -0.137. The number of hydrogen-bond acceptors (Lipinski definition) is 8. The third kappa shape index (κ3) is 4.35. The van der Waals surface area contributed by atoms with E-state index in [2.05, 4.69) is 23.3 Å². The molecule has 9 heteroatoms. The van der Waals surface area contributed by atoms with E-state index in [1.807, 2.05) is 19.2 Å². The minimum Gasteiger partial charge on any atom is -0.493 e. The van der Waals surface area contributed by atoms with Crippen molar-refractivity contribution in [1.82, 2.24) is 5.32 Å². The molecule has 3 rings (SSSR count). The highest BCUT2D eigenvalue weighted by Gasteiger charge is 2.28. The second-order valence-electron chi connectivity index (χ2n) is 7.40. The number of rotatable bonds is 8. The molecule has 0 aliphatic heterocycles. The summed E-state index contributed by atoms with van der Waals surface area (Å²) in [5, 5.41) is 15.4. The van der Waals surface area contributed by atoms with Crippen molar-refractivity contribution in [2.75, 3.05) is 39.4 Å². The van der Waals surface area contributed by atoms with E-state index >= 15 is 0 Å². The van der Waals surface area contributed by atoms with Gasteiger partial charge in [-0.05, 0) is 54.8 Å². The summed E-state index contributed by atoms with van der Waals surface area (Å²) in [6, 6.07) is 5.84. The predicted octanol–water partition coefficient (Wildman–Crippen LogP) is 2.74. The van der Waals surface area contributed by atoms with Crippen LogP contribution in [0.3, 0.4) is 0 Å². The van der Waals surface area contributed by atoms with E-state index in [9.17, 15) is 14.7 Å². The molecule has 0 fully saturated rings. The highest BCUT2D eigenvalue weighted by molar-refractivity contribution is 7.80. The quantitative estimate of drug-likeness (QED) is 0.446. The minimum absolute atomic E-state index is 0.0416. The zero-order chi connectivity index (χ0) is 23.4. The SMILES string of the molecule is CNC1CCc2cc(OC)c(OC)c(OC)c2-c2ccc(NC(CS)C(=O)O)c(=O)cc21. The summed E-state index contributed by atoms with van der Waals surface area (Å²) in [4.78, 5) is 24.5. The number of carboxylic acids is 1. The lowest BCUT2D eigenvalue weighted by atomic mass is 9.95. The number of benzene rings is 1. The predicted molar refractivity (Wildman–Crippen MR) is 127 cm³/mol. The summed E-state index contributed by atoms with van der Waals surface area (Å²) in [5.74, 6) is 0.518. The van der Waals surface area contributed by atoms with Crippen molar-refractivity contribution in [2.24, 2.45) is 0 Å². The number of hydrogen-bond donors (Lipinski definition) is 4. The van der Waals surface area contributed by atoms with Crippen molar-refractivity contribution >= 4 is 24.3 Å². The number of aliphatic carboxylic acids is 1. The molecule has 32 heavy (non-hydrogen) atoms. The fourth-order valence-corrected chi connectivity index (χ4v) is 4.35. The van der Waals surface area contributed by atoms with Gasteiger partial charge >= 0.3 is 5.97 Å². The Morgan fingerprint density at radius 3 is 2.47 bits per heavy atom. The van der Waals surface area contributed by atoms with E-state index in [1.165, 1.54) is 0 Å². The Labute approximate surface area is 192 Å². The summed E-state index contributed by atoms with van der Waals surface area (Å²) < 4.78 is 16.9. The molecule has 2 unspecified atom stereocenters. The first-order valence-corrected chi connectivity index (χ1v) is 10.8. The summed E-state index contributed by atoms with van der Waals surface area (Å²) >= 11 is 4.08. The minimum atomic E-state index is -1.08. The van der Waals surface area contributed by atoms with Gasteiger partial charge in [0.15, 0.2) is 11.5 Å². The summed E-state index contributed by atoms with van der Waals surface area (Å²) in [6.45, 7) is 0. The van der Waals surface area contributed by atoms with E-state index in [0.717, 1.165) is 35.1 Å². The van der Waals surface area contributed by atoms with E-state index in [4.69, 9.17) is 14.2 Å². The molecule has 3 N–H and O–H groups in total. The molecule has 172 valence electrons. The number of fused-ring (bicyclic) bond motifs is 3. The molecule has 2 atom stereocenters. The van der Waals surface area contributed by atoms with Crippen LogP contribution in [0, 0.1) is 0 Å². The van der Waals surface area contributed by atoms with Gasteiger partial charge in [0.25, 0.3) is 0 Å². The van der Waals surface area contributed by atoms with E-state index in [1.54, 1.807) is 33.5 Å². The van der Waals surface area contributed by atoms with Gasteiger partial charge in [-0.2, -0.15) is 12.6 Å². The Morgan fingerprint density at radius 2 is 1.91 bits per heavy atom. The van der Waals surface area contributed by atoms with Crippen LogP contribution < -0.4 is 30.3 Å². The van der Waals surface area contributed by atoms with Gasteiger partial charge < -0.3 is 30.0 Å². The summed E-state index contributed by atoms with van der Waals surface area (Å²) in [7, 11) is 6.54. The first kappa shape index (κ1) is 23.7. The zero-order valence-corrected chi connectivity index (χ0v) is 19.4. The maximum atomic E-state index is 13.0. The summed E-state index contributed by atoms with van der Waals surface area (Å²) in [6.07, 6.45) is 1.48. The topological polar surface area (TPSA) is 106 Å². The monoisotopic (exact) mass is 460 g/mol. The third-order valence-electron chi connectivity index (χ3n) is 5.70. The number of nitrogens with one attached hydrogen (secondary N) is 2. The van der Waals surface area contributed by atoms with Gasteiger partial charge in [0.2, 0.25) is 11.2 Å². The Balaban J connectivity index is 2.32. The van der Waals surface area contributed by atoms with Crippen LogP contribution in [-0.2, 0) is 11.2 Å². The molecule has 2 aromatic carbocycles. The highest BCUT2D eigenvalue weighted by Crippen LogP contribution is 2.50. The largest absolute Gasteiger partial charge is 0.493 e. The maximum absolute atomic E-state index is 13.0. The normalized spacial score (nSPS) is 15.6. The number of carbonyl (C=O) groups is 1. The van der Waals surface area contributed by atoms with Gasteiger partial charge in [-0.25, -0.2) is 4.79 Å². The third-order valence-corrected chi connectivity index (χ3v) is 6.06. The van der Waals surface area contributed by atoms with Crippen LogP contribution in [0.25, 0.3) is 11.1 Å². The van der Waals surface area contributed by atoms with Crippen LogP contribution in [0.5, 0.6) is 17.2 Å². The van der Waals surface area contributed by atoms with E-state index in [0.29, 0.717) is 17.2 Å². The fourth-order valence-electron chi connectivity index (χ4n) is 4.10. The molecule has 1 aliphatic carbocycles. The molecular formula is C23H28N2O6S. The van der Waals surface area contributed by atoms with Gasteiger partial charge in [-0.15, -0.1) is 0 Å². The van der Waals surface area contributed by atoms with Gasteiger partial charge in [0.1, 0.15) is 6.04 Å². The molecule has 0 aromatic heterocycles. The molecule has 1 aliphatic rings. The molecule has 0 saturated heterocycles. The molecular weight excluding hydrogens is 432 g/mol. The van der Waals surface area contributed by atoms with E-state index < -0.39 is 12.0 Å². The standard InChI is InChI=1S/C23H28N2O6S/c1-24-15-7-5-12-9-19(29-2)21(30-3)22(31-4)20(12)13-6-8-16(18(26)10-14(13)15)25-17(11-32)23(27)28/h6,8-10,15,17,24,32H,5,7,11H2,1-4H3,(H,25,26)(H,27,28). The maximum Gasteiger partial charge on any atom is 0.326 e. The summed E-state index contributed by atoms with van der Waals surface area (Å²) in [5.41, 5.74) is 3.32. The lowest BCUT2D eigenvalue weighted by Gasteiger charge is -2.19. The molecule has 0 radical (unpaired) electrons. The van der Waals surface area contributed by atoms with Crippen molar-refractivity contribution in [3.8, 4) is 28.4 Å². The molecule has 0 heterocycles. The fraction of sp³-hybridized carbons (Fsp3) is 0.391. The molecule has 0 spiro atoms. The number of anilines is 1. The second-order valence-corrected chi connectivity index (χ2v) is 7.77. The number of ether oxygens (including phenoxy) is 3. The molecule has 0 bridgehead atoms. The number of aryl methyl sites for hydroxylation is 1. The highest BCUT2D eigenvalue weighted by atomic mass is 32.1. The van der Waals surface area contributed by atoms with Crippen LogP contribution in [-0.4, -0.2) is 51.2 Å². The van der Waals surface area contributed by atoms with Crippen molar-refractivity contribution in [3.05, 3.63) is 45.6 Å². The first-order chi connectivity index (χ1) is 15.4. The number of methoxy groups -OCH3 is 3. The van der Waals surface area contributed by atoms with Gasteiger partial charge in [0, 0.05) is 17.4 Å². The van der Waals surface area contributed by atoms with Gasteiger partial charge in [0.05, 0.1) is 27.0 Å². The molecule has 2 aromatic rings. The van der Waals surface area contributed by atoms with Crippen LogP contribution in [0.4, 0.5) is 5.69 Å². The van der Waals surface area contributed by atoms with Crippen molar-refractivity contribution in [3.63, 3.8) is 0 Å². The Kier molecular flexibility index (Phi) is 7.52. The zero-order valence-electron chi connectivity index (χ0n) is 18.5. The number of thiol groups is 1. The average Bonchev–Trinajstić information content (AvgIpc) is 3.03. The Morgan fingerprint density at radius 1 is 1.19 bits per heavy atom. The number of carboxylic acid groups (broad SMARTS) is 1. The second kappa shape index (κ2) is 10.1. The van der Waals surface area contributed by atoms with Crippen LogP contribution in [0.1, 0.15) is 23.6 Å². The molecule has 0 saturated carbocycles. The van der Waals surface area contributed by atoms with Crippen molar-refractivity contribution < 1.29 is 24.1 Å². The van der Waals surface area contributed by atoms with Gasteiger partial charge in [-0.1, -0.05) is 6.07 Å². The van der Waals surface area contributed by atoms with Gasteiger partial charge in [-0.3, -0.25) is 4.79 Å². The lowest BCUT2D eigenvalue weighted by Crippen LogP contribution is -2.32. The molecule has 0 amide bonds. The Bertz CT molecular complexity index is 1080. The average molecular weight is 461 g/mol. The van der Waals surface area contributed by atoms with Crippen LogP contribution in [0.2, 0.25) is 0 Å². The first-order valence-electron chi connectivity index (χ1n) is 10.2. The Hall–Kier alpha value is -2.91.